The first-order valence-corrected chi connectivity index (χ1v) is 7.84. The molecule has 0 unspecified atom stereocenters. The molecule has 0 bridgehead atoms. The minimum atomic E-state index is 0. The van der Waals surface area contributed by atoms with Crippen molar-refractivity contribution in [3.8, 4) is 11.5 Å². The number of nitrogens with zero attached hydrogens (tertiary/aromatic N) is 1. The van der Waals surface area contributed by atoms with Crippen molar-refractivity contribution in [3.63, 3.8) is 0 Å². The summed E-state index contributed by atoms with van der Waals surface area (Å²) in [5, 5.41) is 13.3. The van der Waals surface area contributed by atoms with E-state index < -0.39 is 0 Å². The standard InChI is InChI=1S/C17H28N2O2.2ClH/c1-5-21-15-12-13(6-7-14(15)20)16(17(2,3)4)19-10-8-18-9-11-19;;/h6-7,12,16,18,20H,5,8-11H2,1-4H3;2*1H/t16-;;/m0../s1. The van der Waals surface area contributed by atoms with Gasteiger partial charge in [0.05, 0.1) is 6.61 Å². The molecule has 134 valence electrons. The van der Waals surface area contributed by atoms with Gasteiger partial charge in [-0.3, -0.25) is 4.90 Å². The van der Waals surface area contributed by atoms with Crippen molar-refractivity contribution in [3.05, 3.63) is 23.8 Å². The fourth-order valence-electron chi connectivity index (χ4n) is 3.17. The second kappa shape index (κ2) is 9.58. The molecule has 1 aliphatic rings. The molecule has 2 rings (SSSR count). The molecule has 4 nitrogen and oxygen atoms in total. The van der Waals surface area contributed by atoms with Gasteiger partial charge in [0.1, 0.15) is 0 Å². The number of piperazine rings is 1. The van der Waals surface area contributed by atoms with Gasteiger partial charge >= 0.3 is 0 Å². The third-order valence-electron chi connectivity index (χ3n) is 3.94. The van der Waals surface area contributed by atoms with E-state index in [1.165, 1.54) is 5.56 Å². The van der Waals surface area contributed by atoms with Gasteiger partial charge in [-0.15, -0.1) is 24.8 Å². The fraction of sp³-hybridized carbons (Fsp3) is 0.647. The lowest BCUT2D eigenvalue weighted by atomic mass is 9.81. The number of rotatable bonds is 4. The van der Waals surface area contributed by atoms with Crippen LogP contribution in [0.4, 0.5) is 0 Å². The van der Waals surface area contributed by atoms with Crippen molar-refractivity contribution in [1.29, 1.82) is 0 Å². The zero-order chi connectivity index (χ0) is 15.5. The number of nitrogens with one attached hydrogen (secondary N) is 1. The van der Waals surface area contributed by atoms with Crippen molar-refractivity contribution in [1.82, 2.24) is 10.2 Å². The normalized spacial score (nSPS) is 16.9. The summed E-state index contributed by atoms with van der Waals surface area (Å²) in [6.07, 6.45) is 0. The number of aromatic hydroxyl groups is 1. The summed E-state index contributed by atoms with van der Waals surface area (Å²) in [4.78, 5) is 2.53. The third kappa shape index (κ3) is 5.71. The summed E-state index contributed by atoms with van der Waals surface area (Å²) in [5.74, 6) is 0.799. The Morgan fingerprint density at radius 3 is 2.35 bits per heavy atom. The molecule has 0 amide bonds. The highest BCUT2D eigenvalue weighted by atomic mass is 35.5. The number of hydrogen-bond donors (Lipinski definition) is 2. The molecular formula is C17H30Cl2N2O2. The summed E-state index contributed by atoms with van der Waals surface area (Å²) in [5.41, 5.74) is 1.34. The zero-order valence-electron chi connectivity index (χ0n) is 14.5. The van der Waals surface area contributed by atoms with Crippen molar-refractivity contribution in [2.75, 3.05) is 32.8 Å². The molecule has 6 heteroatoms. The average Bonchev–Trinajstić information content (AvgIpc) is 2.42. The van der Waals surface area contributed by atoms with Gasteiger partial charge in [0.25, 0.3) is 0 Å². The Morgan fingerprint density at radius 2 is 1.83 bits per heavy atom. The molecule has 1 aliphatic heterocycles. The van der Waals surface area contributed by atoms with Gasteiger partial charge in [-0.2, -0.15) is 0 Å². The molecule has 0 aromatic heterocycles. The second-order valence-corrected chi connectivity index (χ2v) is 6.71. The quantitative estimate of drug-likeness (QED) is 0.855. The first-order valence-electron chi connectivity index (χ1n) is 7.84. The van der Waals surface area contributed by atoms with Crippen LogP contribution in [0.1, 0.15) is 39.3 Å². The highest BCUT2D eigenvalue weighted by Crippen LogP contribution is 2.40. The van der Waals surface area contributed by atoms with E-state index in [-0.39, 0.29) is 36.0 Å². The predicted octanol–water partition coefficient (Wildman–Crippen LogP) is 3.63. The summed E-state index contributed by atoms with van der Waals surface area (Å²) in [7, 11) is 0. The van der Waals surface area contributed by atoms with Crippen molar-refractivity contribution >= 4 is 24.8 Å². The van der Waals surface area contributed by atoms with E-state index in [4.69, 9.17) is 4.74 Å². The lowest BCUT2D eigenvalue weighted by Crippen LogP contribution is -2.48. The molecule has 1 aromatic carbocycles. The van der Waals surface area contributed by atoms with E-state index in [1.807, 2.05) is 19.1 Å². The fourth-order valence-corrected chi connectivity index (χ4v) is 3.17. The van der Waals surface area contributed by atoms with Gasteiger partial charge in [-0.1, -0.05) is 26.8 Å². The molecule has 1 fully saturated rings. The van der Waals surface area contributed by atoms with Crippen LogP contribution < -0.4 is 10.1 Å². The molecule has 1 aromatic rings. The van der Waals surface area contributed by atoms with Gasteiger partial charge in [0, 0.05) is 32.2 Å². The Balaban J connectivity index is 0.00000242. The molecule has 2 N–H and O–H groups in total. The Labute approximate surface area is 152 Å². The molecule has 1 saturated heterocycles. The van der Waals surface area contributed by atoms with Gasteiger partial charge in [-0.25, -0.2) is 0 Å². The van der Waals surface area contributed by atoms with Gasteiger partial charge < -0.3 is 15.2 Å². The molecule has 1 atom stereocenters. The molecule has 23 heavy (non-hydrogen) atoms. The van der Waals surface area contributed by atoms with Crippen LogP contribution in [0.5, 0.6) is 11.5 Å². The number of halogens is 2. The van der Waals surface area contributed by atoms with Gasteiger partial charge in [0.15, 0.2) is 11.5 Å². The van der Waals surface area contributed by atoms with Crippen LogP contribution in [0.25, 0.3) is 0 Å². The van der Waals surface area contributed by atoms with E-state index in [9.17, 15) is 5.11 Å². The summed E-state index contributed by atoms with van der Waals surface area (Å²) in [6, 6.07) is 6.09. The third-order valence-corrected chi connectivity index (χ3v) is 3.94. The zero-order valence-corrected chi connectivity index (χ0v) is 16.1. The Kier molecular flexibility index (Phi) is 9.29. The minimum absolute atomic E-state index is 0. The maximum Gasteiger partial charge on any atom is 0.161 e. The predicted molar refractivity (Wildman–Crippen MR) is 100 cm³/mol. The minimum Gasteiger partial charge on any atom is -0.504 e. The van der Waals surface area contributed by atoms with E-state index in [0.717, 1.165) is 26.2 Å². The maximum atomic E-state index is 9.91. The summed E-state index contributed by atoms with van der Waals surface area (Å²) in [6.45, 7) is 13.5. The number of benzene rings is 1. The van der Waals surface area contributed by atoms with E-state index in [0.29, 0.717) is 18.4 Å². The molecule has 1 heterocycles. The molecule has 0 radical (unpaired) electrons. The Hall–Kier alpha value is -0.680. The van der Waals surface area contributed by atoms with E-state index in [2.05, 4.69) is 31.0 Å². The van der Waals surface area contributed by atoms with Crippen molar-refractivity contribution < 1.29 is 9.84 Å². The highest BCUT2D eigenvalue weighted by Gasteiger charge is 2.32. The van der Waals surface area contributed by atoms with E-state index >= 15 is 0 Å². The number of phenols is 1. The Bertz CT molecular complexity index is 472. The second-order valence-electron chi connectivity index (χ2n) is 6.71. The maximum absolute atomic E-state index is 9.91. The van der Waals surface area contributed by atoms with Crippen LogP contribution in [0.3, 0.4) is 0 Å². The number of hydrogen-bond acceptors (Lipinski definition) is 4. The lowest BCUT2D eigenvalue weighted by Gasteiger charge is -2.42. The smallest absolute Gasteiger partial charge is 0.161 e. The molecule has 0 aliphatic carbocycles. The number of phenolic OH excluding ortho intramolecular Hbond substituents is 1. The molecule has 0 saturated carbocycles. The first-order chi connectivity index (χ1) is 9.93. The SMILES string of the molecule is CCOc1cc([C@H](N2CCNCC2)C(C)(C)C)ccc1O.Cl.Cl. The first kappa shape index (κ1) is 22.3. The van der Waals surface area contributed by atoms with Crippen LogP contribution in [0.15, 0.2) is 18.2 Å². The number of ether oxygens (including phenoxy) is 1. The van der Waals surface area contributed by atoms with Crippen molar-refractivity contribution in [2.45, 2.75) is 33.7 Å². The lowest BCUT2D eigenvalue weighted by molar-refractivity contribution is 0.0859. The van der Waals surface area contributed by atoms with Crippen LogP contribution in [-0.2, 0) is 0 Å². The van der Waals surface area contributed by atoms with Crippen LogP contribution in [0.2, 0.25) is 0 Å². The van der Waals surface area contributed by atoms with Crippen LogP contribution in [-0.4, -0.2) is 42.8 Å². The summed E-state index contributed by atoms with van der Waals surface area (Å²) < 4.78 is 5.55. The molecule has 0 spiro atoms. The Morgan fingerprint density at radius 1 is 1.22 bits per heavy atom. The van der Waals surface area contributed by atoms with Crippen molar-refractivity contribution in [2.24, 2.45) is 5.41 Å². The highest BCUT2D eigenvalue weighted by molar-refractivity contribution is 5.85. The van der Waals surface area contributed by atoms with Gasteiger partial charge in [-0.05, 0) is 30.0 Å². The van der Waals surface area contributed by atoms with Crippen LogP contribution >= 0.6 is 24.8 Å². The molecular weight excluding hydrogens is 335 g/mol. The van der Waals surface area contributed by atoms with E-state index in [1.54, 1.807) is 6.07 Å². The van der Waals surface area contributed by atoms with Gasteiger partial charge in [0.2, 0.25) is 0 Å². The largest absolute Gasteiger partial charge is 0.504 e. The van der Waals surface area contributed by atoms with Crippen LogP contribution in [0, 0.1) is 5.41 Å². The monoisotopic (exact) mass is 364 g/mol. The summed E-state index contributed by atoms with van der Waals surface area (Å²) >= 11 is 0. The average molecular weight is 365 g/mol. The topological polar surface area (TPSA) is 44.7 Å².